The Kier molecular flexibility index (Phi) is 4.24. The van der Waals surface area contributed by atoms with Gasteiger partial charge in [-0.2, -0.15) is 5.10 Å². The van der Waals surface area contributed by atoms with Gasteiger partial charge in [0.25, 0.3) is 11.1 Å². The van der Waals surface area contributed by atoms with Gasteiger partial charge in [-0.15, -0.1) is 0 Å². The molecule has 1 saturated heterocycles. The molecule has 2 aromatic carbocycles. The van der Waals surface area contributed by atoms with Crippen LogP contribution in [-0.4, -0.2) is 40.1 Å². The number of thioether (sulfide) groups is 1. The number of fused-ring (bicyclic) bond motifs is 4. The summed E-state index contributed by atoms with van der Waals surface area (Å²) in [5.41, 5.74) is 2.95. The molecule has 0 aromatic heterocycles. The van der Waals surface area contributed by atoms with Gasteiger partial charge in [0.05, 0.1) is 25.3 Å². The summed E-state index contributed by atoms with van der Waals surface area (Å²) in [5, 5.41) is 8.89. The van der Waals surface area contributed by atoms with Crippen LogP contribution in [0.4, 0.5) is 4.79 Å². The van der Waals surface area contributed by atoms with E-state index >= 15 is 0 Å². The fourth-order valence-electron chi connectivity index (χ4n) is 4.10. The van der Waals surface area contributed by atoms with E-state index < -0.39 is 17.1 Å². The number of carbonyl (C=O) groups is 2. The molecule has 0 unspecified atom stereocenters. The number of amides is 1. The topological polar surface area (TPSA) is 80.2 Å². The molecule has 1 amide bonds. The van der Waals surface area contributed by atoms with E-state index in [4.69, 9.17) is 14.6 Å². The van der Waals surface area contributed by atoms with Crippen LogP contribution in [0.2, 0.25) is 0 Å². The lowest BCUT2D eigenvalue weighted by atomic mass is 9.95. The fraction of sp³-hybridized carbons (Fsp3) is 0.286. The predicted molar refractivity (Wildman–Crippen MR) is 109 cm³/mol. The first-order valence-electron chi connectivity index (χ1n) is 9.36. The molecule has 148 valence electrons. The first kappa shape index (κ1) is 18.1. The maximum atomic E-state index is 12.4. The van der Waals surface area contributed by atoms with E-state index in [0.717, 1.165) is 28.6 Å². The Morgan fingerprint density at radius 1 is 1.28 bits per heavy atom. The highest BCUT2D eigenvalue weighted by molar-refractivity contribution is 8.14. The summed E-state index contributed by atoms with van der Waals surface area (Å²) in [6, 6.07) is 17.6. The molecule has 1 spiro atoms. The van der Waals surface area contributed by atoms with Gasteiger partial charge in [-0.1, -0.05) is 60.3 Å². The van der Waals surface area contributed by atoms with E-state index in [9.17, 15) is 9.59 Å². The molecule has 0 bridgehead atoms. The normalized spacial score (nSPS) is 27.0. The van der Waals surface area contributed by atoms with E-state index in [1.54, 1.807) is 0 Å². The summed E-state index contributed by atoms with van der Waals surface area (Å²) in [6.45, 7) is 0. The van der Waals surface area contributed by atoms with Crippen LogP contribution in [0.1, 0.15) is 30.0 Å². The van der Waals surface area contributed by atoms with Gasteiger partial charge in [0.15, 0.2) is 0 Å². The van der Waals surface area contributed by atoms with Crippen molar-refractivity contribution in [1.29, 1.82) is 0 Å². The van der Waals surface area contributed by atoms with Gasteiger partial charge in [0.1, 0.15) is 11.0 Å². The number of hydrogen-bond acceptors (Lipinski definition) is 7. The average molecular weight is 409 g/mol. The Morgan fingerprint density at radius 2 is 2.03 bits per heavy atom. The number of nitrogens with zero attached hydrogens (tertiary/aromatic N) is 2. The molecule has 2 aromatic rings. The summed E-state index contributed by atoms with van der Waals surface area (Å²) in [4.78, 5) is 24.4. The molecule has 8 heteroatoms. The number of nitrogens with one attached hydrogen (secondary N) is 1. The first-order chi connectivity index (χ1) is 14.1. The number of carbonyl (C=O) groups excluding carboxylic acids is 2. The highest BCUT2D eigenvalue weighted by atomic mass is 32.2. The summed E-state index contributed by atoms with van der Waals surface area (Å²) in [5.74, 6) is -0.953. The minimum Gasteiger partial charge on any atom is -0.469 e. The number of hydrogen-bond donors (Lipinski definition) is 1. The third kappa shape index (κ3) is 2.86. The molecule has 5 rings (SSSR count). The lowest BCUT2D eigenvalue weighted by molar-refractivity contribution is -0.150. The molecule has 0 aliphatic carbocycles. The Labute approximate surface area is 172 Å². The summed E-state index contributed by atoms with van der Waals surface area (Å²) >= 11 is 1.05. The maximum Gasteiger partial charge on any atom is 0.306 e. The number of benzene rings is 2. The number of hydrazone groups is 1. The van der Waals surface area contributed by atoms with E-state index in [2.05, 4.69) is 5.32 Å². The van der Waals surface area contributed by atoms with Crippen molar-refractivity contribution in [3.63, 3.8) is 0 Å². The Bertz CT molecular complexity index is 1010. The van der Waals surface area contributed by atoms with Gasteiger partial charge >= 0.3 is 5.97 Å². The fourth-order valence-corrected chi connectivity index (χ4v) is 5.16. The van der Waals surface area contributed by atoms with Crippen molar-refractivity contribution in [1.82, 2.24) is 10.3 Å². The number of methoxy groups -OCH3 is 1. The minimum atomic E-state index is -1.24. The van der Waals surface area contributed by atoms with E-state index in [1.165, 1.54) is 7.11 Å². The van der Waals surface area contributed by atoms with Gasteiger partial charge in [0.2, 0.25) is 0 Å². The monoisotopic (exact) mass is 409 g/mol. The number of rotatable bonds is 3. The number of ether oxygens (including phenoxy) is 2. The third-order valence-electron chi connectivity index (χ3n) is 5.45. The van der Waals surface area contributed by atoms with Gasteiger partial charge in [-0.25, -0.2) is 5.01 Å². The second kappa shape index (κ2) is 6.81. The van der Waals surface area contributed by atoms with E-state index in [0.29, 0.717) is 12.2 Å². The standard InChI is InChI=1S/C21H19N3O4S/c1-27-19(25)12-18-21(22-20(26)29-18)24-16(14-9-5-6-10-17(14)28-21)11-15(23-24)13-7-3-2-4-8-13/h2-10,16,18H,11-12H2,1H3,(H,22,26)/t16-,18+,21+/m1/s1. The molecule has 3 aliphatic heterocycles. The van der Waals surface area contributed by atoms with E-state index in [1.807, 2.05) is 59.6 Å². The lowest BCUT2D eigenvalue weighted by Gasteiger charge is -2.47. The SMILES string of the molecule is COC(=O)C[C@@H]1SC(=O)N[C@@]12Oc1ccccc1[C@H]1CC(c3ccccc3)=NN12. The van der Waals surface area contributed by atoms with Crippen LogP contribution in [0.15, 0.2) is 59.7 Å². The second-order valence-corrected chi connectivity index (χ2v) is 8.29. The average Bonchev–Trinajstić information content (AvgIpc) is 3.32. The molecular weight excluding hydrogens is 390 g/mol. The van der Waals surface area contributed by atoms with Crippen LogP contribution in [0.5, 0.6) is 5.75 Å². The van der Waals surface area contributed by atoms with Crippen LogP contribution in [-0.2, 0) is 9.53 Å². The molecule has 7 nitrogen and oxygen atoms in total. The summed E-state index contributed by atoms with van der Waals surface area (Å²) in [7, 11) is 1.34. The molecule has 3 atom stereocenters. The minimum absolute atomic E-state index is 0.0292. The van der Waals surface area contributed by atoms with E-state index in [-0.39, 0.29) is 17.7 Å². The molecule has 0 saturated carbocycles. The van der Waals surface area contributed by atoms with Crippen LogP contribution in [0.3, 0.4) is 0 Å². The molecule has 1 N–H and O–H groups in total. The van der Waals surface area contributed by atoms with Crippen molar-refractivity contribution in [3.8, 4) is 5.75 Å². The number of esters is 1. The highest BCUT2D eigenvalue weighted by Gasteiger charge is 2.61. The first-order valence-corrected chi connectivity index (χ1v) is 10.2. The maximum absolute atomic E-state index is 12.4. The van der Waals surface area contributed by atoms with Crippen molar-refractivity contribution in [2.45, 2.75) is 30.0 Å². The van der Waals surface area contributed by atoms with Gasteiger partial charge in [-0.3, -0.25) is 14.9 Å². The lowest BCUT2D eigenvalue weighted by Crippen LogP contribution is -2.65. The Morgan fingerprint density at radius 3 is 2.83 bits per heavy atom. The van der Waals surface area contributed by atoms with Gasteiger partial charge < -0.3 is 9.47 Å². The number of para-hydroxylation sites is 1. The molecule has 1 fully saturated rings. The molecule has 3 aliphatic rings. The van der Waals surface area contributed by atoms with Crippen molar-refractivity contribution >= 4 is 28.7 Å². The predicted octanol–water partition coefficient (Wildman–Crippen LogP) is 3.27. The summed E-state index contributed by atoms with van der Waals surface area (Å²) in [6.07, 6.45) is 0.707. The second-order valence-electron chi connectivity index (χ2n) is 7.11. The van der Waals surface area contributed by atoms with Crippen LogP contribution in [0.25, 0.3) is 0 Å². The van der Waals surface area contributed by atoms with Crippen LogP contribution in [0, 0.1) is 0 Å². The van der Waals surface area contributed by atoms with Gasteiger partial charge in [-0.05, 0) is 11.6 Å². The van der Waals surface area contributed by atoms with Crippen molar-refractivity contribution in [2.24, 2.45) is 5.10 Å². The van der Waals surface area contributed by atoms with Crippen LogP contribution >= 0.6 is 11.8 Å². The summed E-state index contributed by atoms with van der Waals surface area (Å²) < 4.78 is 11.2. The molecular formula is C21H19N3O4S. The largest absolute Gasteiger partial charge is 0.469 e. The van der Waals surface area contributed by atoms with Crippen molar-refractivity contribution in [3.05, 3.63) is 65.7 Å². The van der Waals surface area contributed by atoms with Gasteiger partial charge in [0, 0.05) is 12.0 Å². The third-order valence-corrected chi connectivity index (χ3v) is 6.53. The Hall–Kier alpha value is -3.00. The zero-order valence-electron chi connectivity index (χ0n) is 15.7. The highest BCUT2D eigenvalue weighted by Crippen LogP contribution is 2.51. The molecule has 3 heterocycles. The zero-order valence-corrected chi connectivity index (χ0v) is 16.5. The van der Waals surface area contributed by atoms with Crippen molar-refractivity contribution in [2.75, 3.05) is 7.11 Å². The zero-order chi connectivity index (χ0) is 20.0. The molecule has 29 heavy (non-hydrogen) atoms. The van der Waals surface area contributed by atoms with Crippen LogP contribution < -0.4 is 10.1 Å². The Balaban J connectivity index is 1.62. The molecule has 0 radical (unpaired) electrons. The van der Waals surface area contributed by atoms with Crippen molar-refractivity contribution < 1.29 is 19.1 Å². The smallest absolute Gasteiger partial charge is 0.306 e. The quantitative estimate of drug-likeness (QED) is 0.784.